The van der Waals surface area contributed by atoms with Crippen LogP contribution in [0.2, 0.25) is 0 Å². The van der Waals surface area contributed by atoms with Crippen LogP contribution < -0.4 is 5.32 Å². The van der Waals surface area contributed by atoms with Crippen molar-refractivity contribution < 1.29 is 9.84 Å². The molecule has 3 aromatic rings. The van der Waals surface area contributed by atoms with Crippen molar-refractivity contribution >= 4 is 49.8 Å². The van der Waals surface area contributed by atoms with Gasteiger partial charge in [-0.2, -0.15) is 0 Å². The number of anilines is 2. The lowest BCUT2D eigenvalue weighted by Crippen LogP contribution is -2.17. The summed E-state index contributed by atoms with van der Waals surface area (Å²) in [5, 5.41) is 22.3. The topological polar surface area (TPSA) is 67.3 Å². The van der Waals surface area contributed by atoms with Crippen molar-refractivity contribution in [1.29, 1.82) is 0 Å². The highest BCUT2D eigenvalue weighted by molar-refractivity contribution is 9.10. The quantitative estimate of drug-likeness (QED) is 0.459. The van der Waals surface area contributed by atoms with E-state index < -0.39 is 6.10 Å². The number of halogens is 1. The van der Waals surface area contributed by atoms with E-state index in [1.807, 2.05) is 54.6 Å². The first kappa shape index (κ1) is 19.3. The monoisotopic (exact) mass is 451 g/mol. The molecule has 8 heteroatoms. The summed E-state index contributed by atoms with van der Waals surface area (Å²) in [5.74, 6) is 0.514. The van der Waals surface area contributed by atoms with E-state index in [2.05, 4.69) is 31.4 Å². The average Bonchev–Trinajstić information content (AvgIpc) is 3.08. The molecule has 2 N–H and O–H groups in total. The third-order valence-corrected chi connectivity index (χ3v) is 5.91. The number of aliphatic hydroxyl groups excluding tert-OH is 1. The largest absolute Gasteiger partial charge is 0.390 e. The number of ether oxygens (including phenoxy) is 1. The Kier molecular flexibility index (Phi) is 7.45. The van der Waals surface area contributed by atoms with Crippen LogP contribution in [0, 0.1) is 0 Å². The smallest absolute Gasteiger partial charge is 0.210 e. The van der Waals surface area contributed by atoms with Gasteiger partial charge in [0.05, 0.1) is 19.3 Å². The number of nitrogens with zero attached hydrogens (tertiary/aromatic N) is 2. The highest BCUT2D eigenvalue weighted by Crippen LogP contribution is 2.28. The van der Waals surface area contributed by atoms with Crippen LogP contribution in [-0.4, -0.2) is 33.8 Å². The zero-order chi connectivity index (χ0) is 18.2. The lowest BCUT2D eigenvalue weighted by molar-refractivity contribution is 0.0398. The van der Waals surface area contributed by atoms with Crippen LogP contribution in [0.25, 0.3) is 0 Å². The first-order valence-electron chi connectivity index (χ1n) is 7.97. The van der Waals surface area contributed by atoms with Crippen LogP contribution in [0.1, 0.15) is 5.56 Å². The number of hydrogen-bond donors (Lipinski definition) is 2. The van der Waals surface area contributed by atoms with Gasteiger partial charge in [0.25, 0.3) is 0 Å². The molecule has 0 saturated heterocycles. The Balaban J connectivity index is 1.40. The molecular weight excluding hydrogens is 434 g/mol. The molecule has 1 heterocycles. The molecule has 136 valence electrons. The maximum atomic E-state index is 10.1. The minimum atomic E-state index is -0.547. The van der Waals surface area contributed by atoms with Crippen LogP contribution in [0.4, 0.5) is 10.8 Å². The molecule has 0 radical (unpaired) electrons. The normalized spacial score (nSPS) is 12.1. The summed E-state index contributed by atoms with van der Waals surface area (Å²) in [6, 6.07) is 17.8. The predicted molar refractivity (Wildman–Crippen MR) is 110 cm³/mol. The van der Waals surface area contributed by atoms with Crippen molar-refractivity contribution in [3.05, 3.63) is 64.6 Å². The number of thioether (sulfide) groups is 1. The maximum Gasteiger partial charge on any atom is 0.210 e. The van der Waals surface area contributed by atoms with Gasteiger partial charge in [-0.15, -0.1) is 10.2 Å². The molecule has 0 spiro atoms. The molecule has 26 heavy (non-hydrogen) atoms. The van der Waals surface area contributed by atoms with Crippen molar-refractivity contribution in [1.82, 2.24) is 10.2 Å². The minimum Gasteiger partial charge on any atom is -0.390 e. The molecular formula is C18H18BrN3O2S2. The molecule has 0 saturated carbocycles. The van der Waals surface area contributed by atoms with E-state index in [0.29, 0.717) is 19.0 Å². The molecule has 2 aromatic carbocycles. The molecule has 0 aliphatic carbocycles. The van der Waals surface area contributed by atoms with Crippen LogP contribution in [0.3, 0.4) is 0 Å². The standard InChI is InChI=1S/C18H18BrN3O2S2/c19-14-7-4-8-15(9-14)20-17-21-22-18(26-17)25-12-16(23)11-24-10-13-5-2-1-3-6-13/h1-9,16,23H,10-12H2,(H,20,21). The van der Waals surface area contributed by atoms with Gasteiger partial charge in [0.15, 0.2) is 4.34 Å². The van der Waals surface area contributed by atoms with E-state index in [-0.39, 0.29) is 0 Å². The van der Waals surface area contributed by atoms with E-state index in [1.165, 1.54) is 23.1 Å². The first-order valence-corrected chi connectivity index (χ1v) is 10.6. The van der Waals surface area contributed by atoms with Crippen molar-refractivity contribution in [2.24, 2.45) is 0 Å². The van der Waals surface area contributed by atoms with E-state index in [0.717, 1.165) is 25.2 Å². The number of aromatic nitrogens is 2. The Labute approximate surface area is 169 Å². The van der Waals surface area contributed by atoms with E-state index in [4.69, 9.17) is 4.74 Å². The zero-order valence-electron chi connectivity index (χ0n) is 13.8. The molecule has 0 fully saturated rings. The maximum absolute atomic E-state index is 10.1. The SMILES string of the molecule is OC(COCc1ccccc1)CSc1nnc(Nc2cccc(Br)c2)s1. The van der Waals surface area contributed by atoms with Crippen molar-refractivity contribution in [2.75, 3.05) is 17.7 Å². The van der Waals surface area contributed by atoms with Gasteiger partial charge in [0.2, 0.25) is 5.13 Å². The Morgan fingerprint density at radius 1 is 1.15 bits per heavy atom. The lowest BCUT2D eigenvalue weighted by Gasteiger charge is -2.10. The summed E-state index contributed by atoms with van der Waals surface area (Å²) in [5.41, 5.74) is 2.04. The minimum absolute atomic E-state index is 0.295. The highest BCUT2D eigenvalue weighted by Gasteiger charge is 2.10. The second kappa shape index (κ2) is 10.0. The summed E-state index contributed by atoms with van der Waals surface area (Å²) in [7, 11) is 0. The molecule has 5 nitrogen and oxygen atoms in total. The second-order valence-electron chi connectivity index (χ2n) is 5.47. The van der Waals surface area contributed by atoms with Gasteiger partial charge in [-0.25, -0.2) is 0 Å². The molecule has 3 rings (SSSR count). The molecule has 1 atom stereocenters. The average molecular weight is 452 g/mol. The van der Waals surface area contributed by atoms with E-state index >= 15 is 0 Å². The summed E-state index contributed by atoms with van der Waals surface area (Å²) in [6.45, 7) is 0.798. The number of benzene rings is 2. The molecule has 0 aliphatic rings. The Morgan fingerprint density at radius 3 is 2.81 bits per heavy atom. The van der Waals surface area contributed by atoms with E-state index in [1.54, 1.807) is 0 Å². The Bertz CT molecular complexity index is 817. The van der Waals surface area contributed by atoms with Crippen molar-refractivity contribution in [3.8, 4) is 0 Å². The van der Waals surface area contributed by atoms with Gasteiger partial charge < -0.3 is 15.2 Å². The number of hydrogen-bond acceptors (Lipinski definition) is 7. The van der Waals surface area contributed by atoms with Crippen LogP contribution in [0.5, 0.6) is 0 Å². The molecule has 0 amide bonds. The third-order valence-electron chi connectivity index (χ3n) is 3.30. The number of aliphatic hydroxyl groups is 1. The predicted octanol–water partition coefficient (Wildman–Crippen LogP) is 4.71. The van der Waals surface area contributed by atoms with Crippen LogP contribution in [0.15, 0.2) is 63.4 Å². The Morgan fingerprint density at radius 2 is 2.00 bits per heavy atom. The fraction of sp³-hybridized carbons (Fsp3) is 0.222. The van der Waals surface area contributed by atoms with Crippen molar-refractivity contribution in [3.63, 3.8) is 0 Å². The molecule has 0 bridgehead atoms. The fourth-order valence-electron chi connectivity index (χ4n) is 2.11. The highest BCUT2D eigenvalue weighted by atomic mass is 79.9. The van der Waals surface area contributed by atoms with Gasteiger partial charge in [0, 0.05) is 15.9 Å². The van der Waals surface area contributed by atoms with Gasteiger partial charge in [-0.1, -0.05) is 75.4 Å². The summed E-state index contributed by atoms with van der Waals surface area (Å²) in [4.78, 5) is 0. The number of rotatable bonds is 9. The van der Waals surface area contributed by atoms with Gasteiger partial charge in [-0.05, 0) is 23.8 Å². The first-order chi connectivity index (χ1) is 12.7. The summed E-state index contributed by atoms with van der Waals surface area (Å²) < 4.78 is 7.36. The zero-order valence-corrected chi connectivity index (χ0v) is 17.1. The Hall–Kier alpha value is -1.45. The van der Waals surface area contributed by atoms with Crippen LogP contribution in [-0.2, 0) is 11.3 Å². The second-order valence-corrected chi connectivity index (χ2v) is 8.63. The third kappa shape index (κ3) is 6.37. The lowest BCUT2D eigenvalue weighted by atomic mass is 10.2. The van der Waals surface area contributed by atoms with Crippen LogP contribution >= 0.6 is 39.0 Å². The van der Waals surface area contributed by atoms with E-state index in [9.17, 15) is 5.11 Å². The van der Waals surface area contributed by atoms with Crippen molar-refractivity contribution in [2.45, 2.75) is 17.1 Å². The fourth-order valence-corrected chi connectivity index (χ4v) is 4.21. The van der Waals surface area contributed by atoms with Gasteiger partial charge in [-0.3, -0.25) is 0 Å². The molecule has 1 aromatic heterocycles. The summed E-state index contributed by atoms with van der Waals surface area (Å²) in [6.07, 6.45) is -0.547. The number of nitrogens with one attached hydrogen (secondary N) is 1. The molecule has 0 aliphatic heterocycles. The summed E-state index contributed by atoms with van der Waals surface area (Å²) >= 11 is 6.37. The van der Waals surface area contributed by atoms with Gasteiger partial charge >= 0.3 is 0 Å². The van der Waals surface area contributed by atoms with Gasteiger partial charge in [0.1, 0.15) is 0 Å². The molecule has 1 unspecified atom stereocenters.